The molecule has 1 aromatic heterocycles. The van der Waals surface area contributed by atoms with E-state index in [2.05, 4.69) is 10.3 Å². The van der Waals surface area contributed by atoms with E-state index >= 15 is 0 Å². The smallest absolute Gasteiger partial charge is 0.276 e. The summed E-state index contributed by atoms with van der Waals surface area (Å²) in [4.78, 5) is 16.2. The molecule has 4 rings (SSSR count). The van der Waals surface area contributed by atoms with Crippen molar-refractivity contribution in [1.82, 2.24) is 9.55 Å². The van der Waals surface area contributed by atoms with Crippen molar-refractivity contribution in [3.05, 3.63) is 81.9 Å². The van der Waals surface area contributed by atoms with Crippen LogP contribution in [0.1, 0.15) is 36.0 Å². The van der Waals surface area contributed by atoms with Gasteiger partial charge in [-0.05, 0) is 23.3 Å². The number of imidazole rings is 1. The second-order valence-corrected chi connectivity index (χ2v) is 11.4. The van der Waals surface area contributed by atoms with Gasteiger partial charge in [-0.2, -0.15) is 0 Å². The number of hydrogen-bond acceptors (Lipinski definition) is 5. The van der Waals surface area contributed by atoms with Crippen LogP contribution in [0.5, 0.6) is 0 Å². The highest BCUT2D eigenvalue weighted by Crippen LogP contribution is 2.43. The number of ether oxygens (including phenoxy) is 2. The molecule has 4 atom stereocenters. The maximum Gasteiger partial charge on any atom is 0.276 e. The molecule has 1 saturated heterocycles. The van der Waals surface area contributed by atoms with Crippen molar-refractivity contribution >= 4 is 69.6 Å². The number of hydrogen-bond donors (Lipinski definition) is 2. The van der Waals surface area contributed by atoms with Crippen LogP contribution in [0, 0.1) is 5.92 Å². The molecular weight excluding hydrogens is 572 g/mol. The third-order valence-corrected chi connectivity index (χ3v) is 7.19. The van der Waals surface area contributed by atoms with Crippen LogP contribution >= 0.6 is 58.0 Å². The van der Waals surface area contributed by atoms with Crippen LogP contribution < -0.4 is 5.32 Å². The molecule has 192 valence electrons. The van der Waals surface area contributed by atoms with E-state index in [-0.39, 0.29) is 29.9 Å². The number of halogens is 5. The first kappa shape index (κ1) is 27.5. The number of carbonyl (C=O) groups is 1. The van der Waals surface area contributed by atoms with Gasteiger partial charge in [0.25, 0.3) is 9.70 Å². The van der Waals surface area contributed by atoms with Crippen molar-refractivity contribution in [3.63, 3.8) is 0 Å². The molecule has 0 aliphatic carbocycles. The van der Waals surface area contributed by atoms with Gasteiger partial charge < -0.3 is 24.5 Å². The van der Waals surface area contributed by atoms with Crippen molar-refractivity contribution in [2.24, 2.45) is 5.92 Å². The first-order valence-electron chi connectivity index (χ1n) is 10.9. The molecule has 0 unspecified atom stereocenters. The summed E-state index contributed by atoms with van der Waals surface area (Å²) in [7, 11) is 0. The first-order chi connectivity index (χ1) is 17.1. The second kappa shape index (κ2) is 11.5. The first-order valence-corrected chi connectivity index (χ1v) is 12.8. The highest BCUT2D eigenvalue weighted by molar-refractivity contribution is 6.76. The molecule has 1 aliphatic heterocycles. The van der Waals surface area contributed by atoms with Gasteiger partial charge in [-0.15, -0.1) is 0 Å². The normalized spacial score (nSPS) is 22.4. The Labute approximate surface area is 233 Å². The Morgan fingerprint density at radius 3 is 2.44 bits per heavy atom. The standard InChI is InChI=1S/C24H22Cl5N3O4/c1-13-18(10-32-12-30-20(25)21(32)26)35-22(36-19(13)15-7-5-14(11-33)6-8-15)16-3-2-4-17(9-16)31-23(34)24(27,28)29/h2-9,12-13,18-19,22,33H,10-11H2,1H3,(H,31,34)/t13-,18+,19+,22+/m1/s1. The molecule has 2 N–H and O–H groups in total. The fourth-order valence-corrected chi connectivity index (χ4v) is 4.41. The zero-order chi connectivity index (χ0) is 26.0. The predicted molar refractivity (Wildman–Crippen MR) is 141 cm³/mol. The van der Waals surface area contributed by atoms with E-state index in [9.17, 15) is 9.90 Å². The van der Waals surface area contributed by atoms with E-state index in [1.807, 2.05) is 37.3 Å². The Kier molecular flexibility index (Phi) is 8.75. The van der Waals surface area contributed by atoms with E-state index in [4.69, 9.17) is 67.5 Å². The topological polar surface area (TPSA) is 85.6 Å². The molecule has 0 bridgehead atoms. The minimum Gasteiger partial charge on any atom is -0.392 e. The molecule has 2 aromatic carbocycles. The summed E-state index contributed by atoms with van der Waals surface area (Å²) >= 11 is 29.4. The summed E-state index contributed by atoms with van der Waals surface area (Å²) in [5.41, 5.74) is 2.79. The number of benzene rings is 2. The van der Waals surface area contributed by atoms with Crippen molar-refractivity contribution in [3.8, 4) is 0 Å². The van der Waals surface area contributed by atoms with Crippen LogP contribution in [0.15, 0.2) is 54.9 Å². The fourth-order valence-electron chi connectivity index (χ4n) is 3.96. The Bertz CT molecular complexity index is 1220. The van der Waals surface area contributed by atoms with E-state index in [1.54, 1.807) is 29.1 Å². The number of aliphatic hydroxyl groups excluding tert-OH is 1. The predicted octanol–water partition coefficient (Wildman–Crippen LogP) is 6.48. The van der Waals surface area contributed by atoms with Crippen LogP contribution in [0.4, 0.5) is 5.69 Å². The Morgan fingerprint density at radius 2 is 1.83 bits per heavy atom. The molecular formula is C24H22Cl5N3O4. The molecule has 0 saturated carbocycles. The quantitative estimate of drug-likeness (QED) is 0.320. The average Bonchev–Trinajstić information content (AvgIpc) is 3.17. The number of nitrogens with zero attached hydrogens (tertiary/aromatic N) is 2. The number of aromatic nitrogens is 2. The summed E-state index contributed by atoms with van der Waals surface area (Å²) in [5.74, 6) is -0.874. The van der Waals surface area contributed by atoms with Gasteiger partial charge in [-0.3, -0.25) is 4.79 Å². The fraction of sp³-hybridized carbons (Fsp3) is 0.333. The zero-order valence-corrected chi connectivity index (χ0v) is 22.7. The minimum atomic E-state index is -2.11. The van der Waals surface area contributed by atoms with Gasteiger partial charge in [0.2, 0.25) is 0 Å². The van der Waals surface area contributed by atoms with E-state index < -0.39 is 16.0 Å². The number of amides is 1. The van der Waals surface area contributed by atoms with E-state index in [0.29, 0.717) is 22.9 Å². The Morgan fingerprint density at radius 1 is 1.11 bits per heavy atom. The van der Waals surface area contributed by atoms with Crippen LogP contribution in [-0.2, 0) is 27.4 Å². The highest BCUT2D eigenvalue weighted by Gasteiger charge is 2.39. The van der Waals surface area contributed by atoms with Gasteiger partial charge in [-0.25, -0.2) is 4.98 Å². The van der Waals surface area contributed by atoms with Gasteiger partial charge in [0.05, 0.1) is 31.7 Å². The summed E-state index contributed by atoms with van der Waals surface area (Å²) in [6, 6.07) is 14.5. The highest BCUT2D eigenvalue weighted by atomic mass is 35.6. The zero-order valence-electron chi connectivity index (χ0n) is 18.9. The second-order valence-electron chi connectivity index (χ2n) is 8.38. The molecule has 1 amide bonds. The lowest BCUT2D eigenvalue weighted by Gasteiger charge is -2.41. The minimum absolute atomic E-state index is 0.0533. The maximum absolute atomic E-state index is 12.1. The van der Waals surface area contributed by atoms with Crippen molar-refractivity contribution in [2.45, 2.75) is 42.4 Å². The summed E-state index contributed by atoms with van der Waals surface area (Å²) in [6.07, 6.45) is 0.0895. The number of nitrogens with one attached hydrogen (secondary N) is 1. The van der Waals surface area contributed by atoms with Gasteiger partial charge in [0, 0.05) is 17.2 Å². The summed E-state index contributed by atoms with van der Waals surface area (Å²) < 4.78 is 12.4. The molecule has 12 heteroatoms. The number of carbonyl (C=O) groups excluding carboxylic acids is 1. The molecule has 1 fully saturated rings. The summed E-state index contributed by atoms with van der Waals surface area (Å²) in [5, 5.41) is 12.5. The lowest BCUT2D eigenvalue weighted by atomic mass is 9.90. The van der Waals surface area contributed by atoms with Crippen LogP contribution in [0.25, 0.3) is 0 Å². The molecule has 1 aliphatic rings. The van der Waals surface area contributed by atoms with Crippen molar-refractivity contribution in [2.75, 3.05) is 5.32 Å². The molecule has 0 radical (unpaired) electrons. The van der Waals surface area contributed by atoms with Gasteiger partial charge >= 0.3 is 0 Å². The number of aliphatic hydroxyl groups is 1. The largest absolute Gasteiger partial charge is 0.392 e. The Hall–Kier alpha value is -1.55. The number of alkyl halides is 3. The SMILES string of the molecule is C[C@@H]1[C@H](Cn2cnc(Cl)c2Cl)O[C@H](c2cccc(NC(=O)C(Cl)(Cl)Cl)c2)O[C@@H]1c1ccc(CO)cc1. The van der Waals surface area contributed by atoms with Gasteiger partial charge in [0.1, 0.15) is 5.15 Å². The van der Waals surface area contributed by atoms with Crippen LogP contribution in [0.3, 0.4) is 0 Å². The summed E-state index contributed by atoms with van der Waals surface area (Å²) in [6.45, 7) is 2.35. The Balaban J connectivity index is 1.64. The molecule has 7 nitrogen and oxygen atoms in total. The van der Waals surface area contributed by atoms with E-state index in [1.165, 1.54) is 0 Å². The maximum atomic E-state index is 12.1. The monoisotopic (exact) mass is 591 g/mol. The van der Waals surface area contributed by atoms with Crippen molar-refractivity contribution in [1.29, 1.82) is 0 Å². The number of anilines is 1. The third-order valence-electron chi connectivity index (χ3n) is 5.91. The third kappa shape index (κ3) is 6.29. The average molecular weight is 594 g/mol. The van der Waals surface area contributed by atoms with Crippen molar-refractivity contribution < 1.29 is 19.4 Å². The van der Waals surface area contributed by atoms with Gasteiger partial charge in [-0.1, -0.05) is 101 Å². The van der Waals surface area contributed by atoms with Crippen LogP contribution in [-0.4, -0.2) is 30.5 Å². The molecule has 3 aromatic rings. The van der Waals surface area contributed by atoms with Crippen LogP contribution in [0.2, 0.25) is 10.3 Å². The lowest BCUT2D eigenvalue weighted by molar-refractivity contribution is -0.276. The number of rotatable bonds is 6. The van der Waals surface area contributed by atoms with Gasteiger partial charge in [0.15, 0.2) is 11.4 Å². The lowest BCUT2D eigenvalue weighted by Crippen LogP contribution is -2.39. The molecule has 0 spiro atoms. The molecule has 2 heterocycles. The molecule has 36 heavy (non-hydrogen) atoms. The van der Waals surface area contributed by atoms with E-state index in [0.717, 1.165) is 11.1 Å².